The molecular formula is C10H16N2O2. The lowest BCUT2D eigenvalue weighted by molar-refractivity contribution is 0.125. The fraction of sp³-hybridized carbons (Fsp3) is 0.500. The molecular weight excluding hydrogens is 180 g/mol. The minimum Gasteiger partial charge on any atom is -0.497 e. The summed E-state index contributed by atoms with van der Waals surface area (Å²) in [5, 5.41) is 0. The average molecular weight is 196 g/mol. The molecule has 2 N–H and O–H groups in total. The van der Waals surface area contributed by atoms with Gasteiger partial charge in [-0.2, -0.15) is 0 Å². The lowest BCUT2D eigenvalue weighted by atomic mass is 10.3. The van der Waals surface area contributed by atoms with Crippen molar-refractivity contribution >= 4 is 0 Å². The molecule has 0 spiro atoms. The topological polar surface area (TPSA) is 57.4 Å². The predicted octanol–water partition coefficient (Wildman–Crippen LogP) is 0.874. The molecule has 4 nitrogen and oxygen atoms in total. The van der Waals surface area contributed by atoms with E-state index in [0.717, 1.165) is 17.1 Å². The molecule has 0 unspecified atom stereocenters. The first-order valence-corrected chi connectivity index (χ1v) is 4.55. The predicted molar refractivity (Wildman–Crippen MR) is 54.2 cm³/mol. The molecule has 1 heterocycles. The standard InChI is InChI=1S/C10H16N2O2/c1-8-5-10(13-2)6-9(12-8)7-14-4-3-11/h5-6H,3-4,7,11H2,1-2H3. The van der Waals surface area contributed by atoms with E-state index in [9.17, 15) is 0 Å². The van der Waals surface area contributed by atoms with Crippen LogP contribution in [0.2, 0.25) is 0 Å². The molecule has 1 aromatic rings. The van der Waals surface area contributed by atoms with Crippen molar-refractivity contribution in [1.29, 1.82) is 0 Å². The van der Waals surface area contributed by atoms with Crippen LogP contribution in [0.5, 0.6) is 5.75 Å². The van der Waals surface area contributed by atoms with Gasteiger partial charge in [-0.05, 0) is 6.92 Å². The number of ether oxygens (including phenoxy) is 2. The molecule has 0 saturated carbocycles. The largest absolute Gasteiger partial charge is 0.497 e. The molecule has 0 aromatic carbocycles. The summed E-state index contributed by atoms with van der Waals surface area (Å²) in [6.07, 6.45) is 0. The number of rotatable bonds is 5. The Morgan fingerprint density at radius 1 is 1.43 bits per heavy atom. The molecule has 0 aliphatic rings. The van der Waals surface area contributed by atoms with Gasteiger partial charge in [0.2, 0.25) is 0 Å². The number of hydrogen-bond donors (Lipinski definition) is 1. The lowest BCUT2D eigenvalue weighted by Gasteiger charge is -2.06. The van der Waals surface area contributed by atoms with E-state index in [1.54, 1.807) is 7.11 Å². The summed E-state index contributed by atoms with van der Waals surface area (Å²) in [5.41, 5.74) is 7.11. The Balaban J connectivity index is 2.62. The first-order valence-electron chi connectivity index (χ1n) is 4.55. The normalized spacial score (nSPS) is 10.2. The lowest BCUT2D eigenvalue weighted by Crippen LogP contribution is -2.08. The van der Waals surface area contributed by atoms with Gasteiger partial charge in [-0.3, -0.25) is 4.98 Å². The van der Waals surface area contributed by atoms with E-state index < -0.39 is 0 Å². The molecule has 0 bridgehead atoms. The van der Waals surface area contributed by atoms with E-state index in [1.807, 2.05) is 19.1 Å². The van der Waals surface area contributed by atoms with Gasteiger partial charge in [0.05, 0.1) is 26.0 Å². The Bertz CT molecular complexity index is 289. The van der Waals surface area contributed by atoms with Crippen LogP contribution in [0.15, 0.2) is 12.1 Å². The van der Waals surface area contributed by atoms with Crippen LogP contribution in [-0.2, 0) is 11.3 Å². The number of methoxy groups -OCH3 is 1. The van der Waals surface area contributed by atoms with Crippen molar-refractivity contribution in [1.82, 2.24) is 4.98 Å². The molecule has 0 radical (unpaired) electrons. The number of aromatic nitrogens is 1. The third kappa shape index (κ3) is 3.32. The van der Waals surface area contributed by atoms with Gasteiger partial charge in [0.1, 0.15) is 5.75 Å². The van der Waals surface area contributed by atoms with E-state index in [1.165, 1.54) is 0 Å². The van der Waals surface area contributed by atoms with Crippen LogP contribution >= 0.6 is 0 Å². The van der Waals surface area contributed by atoms with E-state index in [-0.39, 0.29) is 0 Å². The van der Waals surface area contributed by atoms with Crippen LogP contribution in [0, 0.1) is 6.92 Å². The summed E-state index contributed by atoms with van der Waals surface area (Å²) in [6.45, 7) is 3.49. The van der Waals surface area contributed by atoms with Gasteiger partial charge in [0.25, 0.3) is 0 Å². The van der Waals surface area contributed by atoms with Gasteiger partial charge in [-0.1, -0.05) is 0 Å². The SMILES string of the molecule is COc1cc(C)nc(COCCN)c1. The van der Waals surface area contributed by atoms with Crippen molar-refractivity contribution < 1.29 is 9.47 Å². The second-order valence-electron chi connectivity index (χ2n) is 2.98. The van der Waals surface area contributed by atoms with E-state index in [0.29, 0.717) is 19.8 Å². The molecule has 0 aliphatic heterocycles. The van der Waals surface area contributed by atoms with Crippen LogP contribution in [-0.4, -0.2) is 25.2 Å². The minimum atomic E-state index is 0.481. The van der Waals surface area contributed by atoms with Gasteiger partial charge >= 0.3 is 0 Å². The highest BCUT2D eigenvalue weighted by atomic mass is 16.5. The zero-order chi connectivity index (χ0) is 10.4. The van der Waals surface area contributed by atoms with E-state index in [4.69, 9.17) is 15.2 Å². The first-order chi connectivity index (χ1) is 6.76. The molecule has 78 valence electrons. The van der Waals surface area contributed by atoms with Crippen molar-refractivity contribution in [2.24, 2.45) is 5.73 Å². The summed E-state index contributed by atoms with van der Waals surface area (Å²) in [7, 11) is 1.64. The summed E-state index contributed by atoms with van der Waals surface area (Å²) >= 11 is 0. The highest BCUT2D eigenvalue weighted by Gasteiger charge is 2.00. The number of pyridine rings is 1. The molecule has 0 saturated heterocycles. The highest BCUT2D eigenvalue weighted by molar-refractivity contribution is 5.26. The van der Waals surface area contributed by atoms with Crippen LogP contribution in [0.1, 0.15) is 11.4 Å². The van der Waals surface area contributed by atoms with E-state index in [2.05, 4.69) is 4.98 Å². The second kappa shape index (κ2) is 5.57. The van der Waals surface area contributed by atoms with Crippen molar-refractivity contribution in [3.8, 4) is 5.75 Å². The first kappa shape index (κ1) is 10.9. The maximum atomic E-state index is 5.31. The third-order valence-corrected chi connectivity index (χ3v) is 1.73. The maximum Gasteiger partial charge on any atom is 0.122 e. The smallest absolute Gasteiger partial charge is 0.122 e. The van der Waals surface area contributed by atoms with Crippen LogP contribution in [0.4, 0.5) is 0 Å². The number of hydrogen-bond acceptors (Lipinski definition) is 4. The fourth-order valence-electron chi connectivity index (χ4n) is 1.15. The maximum absolute atomic E-state index is 5.31. The van der Waals surface area contributed by atoms with Gasteiger partial charge in [-0.15, -0.1) is 0 Å². The van der Waals surface area contributed by atoms with Gasteiger partial charge in [0.15, 0.2) is 0 Å². The summed E-state index contributed by atoms with van der Waals surface area (Å²) in [6, 6.07) is 3.75. The second-order valence-corrected chi connectivity index (χ2v) is 2.98. The molecule has 0 aliphatic carbocycles. The van der Waals surface area contributed by atoms with Crippen LogP contribution < -0.4 is 10.5 Å². The Morgan fingerprint density at radius 2 is 2.21 bits per heavy atom. The summed E-state index contributed by atoms with van der Waals surface area (Å²) in [5.74, 6) is 0.809. The number of nitrogens with zero attached hydrogens (tertiary/aromatic N) is 1. The molecule has 0 fully saturated rings. The summed E-state index contributed by atoms with van der Waals surface area (Å²) in [4.78, 5) is 4.31. The molecule has 4 heteroatoms. The van der Waals surface area contributed by atoms with Gasteiger partial charge < -0.3 is 15.2 Å². The monoisotopic (exact) mass is 196 g/mol. The molecule has 1 aromatic heterocycles. The zero-order valence-electron chi connectivity index (χ0n) is 8.62. The number of nitrogens with two attached hydrogens (primary N) is 1. The zero-order valence-corrected chi connectivity index (χ0v) is 8.62. The molecule has 14 heavy (non-hydrogen) atoms. The Kier molecular flexibility index (Phi) is 4.35. The van der Waals surface area contributed by atoms with Crippen LogP contribution in [0.3, 0.4) is 0 Å². The average Bonchev–Trinajstić information content (AvgIpc) is 2.17. The Morgan fingerprint density at radius 3 is 2.86 bits per heavy atom. The van der Waals surface area contributed by atoms with Crippen molar-refractivity contribution in [3.63, 3.8) is 0 Å². The molecule has 0 atom stereocenters. The van der Waals surface area contributed by atoms with Crippen LogP contribution in [0.25, 0.3) is 0 Å². The third-order valence-electron chi connectivity index (χ3n) is 1.73. The molecule has 1 rings (SSSR count). The Hall–Kier alpha value is -1.13. The van der Waals surface area contributed by atoms with Crippen molar-refractivity contribution in [2.45, 2.75) is 13.5 Å². The minimum absolute atomic E-state index is 0.481. The van der Waals surface area contributed by atoms with Gasteiger partial charge in [-0.25, -0.2) is 0 Å². The Labute approximate surface area is 84.0 Å². The molecule has 0 amide bonds. The van der Waals surface area contributed by atoms with E-state index >= 15 is 0 Å². The fourth-order valence-corrected chi connectivity index (χ4v) is 1.15. The summed E-state index contributed by atoms with van der Waals surface area (Å²) < 4.78 is 10.4. The quantitative estimate of drug-likeness (QED) is 0.710. The van der Waals surface area contributed by atoms with Crippen molar-refractivity contribution in [2.75, 3.05) is 20.3 Å². The van der Waals surface area contributed by atoms with Gasteiger partial charge in [0, 0.05) is 24.4 Å². The highest BCUT2D eigenvalue weighted by Crippen LogP contribution is 2.13. The number of aryl methyl sites for hydroxylation is 1. The van der Waals surface area contributed by atoms with Crippen molar-refractivity contribution in [3.05, 3.63) is 23.5 Å².